The predicted molar refractivity (Wildman–Crippen MR) is 112 cm³/mol. The third-order valence-corrected chi connectivity index (χ3v) is 5.61. The summed E-state index contributed by atoms with van der Waals surface area (Å²) in [5.41, 5.74) is 1.38. The van der Waals surface area contributed by atoms with Crippen molar-refractivity contribution in [1.29, 1.82) is 0 Å². The third-order valence-electron chi connectivity index (χ3n) is 5.61. The Hall–Kier alpha value is -3.26. The molecule has 2 aliphatic rings. The monoisotopic (exact) mass is 409 g/mol. The molecule has 0 spiro atoms. The molecule has 0 aliphatic carbocycles. The highest BCUT2D eigenvalue weighted by Gasteiger charge is 2.22. The molecule has 2 aliphatic heterocycles. The summed E-state index contributed by atoms with van der Waals surface area (Å²) in [5, 5.41) is 3.79. The maximum atomic E-state index is 12.7. The molecule has 0 bridgehead atoms. The SMILES string of the molecule is CN(c1cc(=O)c2ccnc(NCc3ccc4c(c3)OCO4)c2o1)C1CCOCC1. The van der Waals surface area contributed by atoms with Gasteiger partial charge in [0, 0.05) is 45.1 Å². The van der Waals surface area contributed by atoms with Crippen molar-refractivity contribution in [3.63, 3.8) is 0 Å². The van der Waals surface area contributed by atoms with Crippen LogP contribution in [0, 0.1) is 0 Å². The quantitative estimate of drug-likeness (QED) is 0.688. The predicted octanol–water partition coefficient (Wildman–Crippen LogP) is 3.14. The minimum atomic E-state index is -0.0845. The molecular formula is C22H23N3O5. The number of nitrogens with one attached hydrogen (secondary N) is 1. The highest BCUT2D eigenvalue weighted by molar-refractivity contribution is 5.86. The van der Waals surface area contributed by atoms with Crippen LogP contribution in [0.25, 0.3) is 11.0 Å². The highest BCUT2D eigenvalue weighted by Crippen LogP contribution is 2.33. The molecule has 8 nitrogen and oxygen atoms in total. The van der Waals surface area contributed by atoms with E-state index in [4.69, 9.17) is 18.6 Å². The van der Waals surface area contributed by atoms with Crippen molar-refractivity contribution in [2.24, 2.45) is 0 Å². The molecule has 1 saturated heterocycles. The largest absolute Gasteiger partial charge is 0.454 e. The van der Waals surface area contributed by atoms with E-state index in [1.807, 2.05) is 30.1 Å². The maximum absolute atomic E-state index is 12.7. The van der Waals surface area contributed by atoms with E-state index in [0.29, 0.717) is 29.2 Å². The summed E-state index contributed by atoms with van der Waals surface area (Å²) in [6.45, 7) is 2.19. The van der Waals surface area contributed by atoms with E-state index in [2.05, 4.69) is 10.3 Å². The van der Waals surface area contributed by atoms with E-state index in [1.165, 1.54) is 0 Å². The first-order chi connectivity index (χ1) is 14.7. The molecule has 3 aromatic rings. The lowest BCUT2D eigenvalue weighted by molar-refractivity contribution is 0.0848. The standard InChI is InChI=1S/C22H23N3O5/c1-25(15-5-8-27-9-6-15)20-11-17(26)16-4-7-23-22(21(16)30-20)24-12-14-2-3-18-19(10-14)29-13-28-18/h2-4,7,10-11,15H,5-6,8-9,12-13H2,1H3,(H,23,24). The van der Waals surface area contributed by atoms with Crippen LogP contribution in [0.2, 0.25) is 0 Å². The molecule has 5 rings (SSSR count). The number of aromatic nitrogens is 1. The van der Waals surface area contributed by atoms with Gasteiger partial charge in [-0.1, -0.05) is 6.07 Å². The first-order valence-corrected chi connectivity index (χ1v) is 10.0. The minimum absolute atomic E-state index is 0.0845. The summed E-state index contributed by atoms with van der Waals surface area (Å²) < 4.78 is 22.4. The Morgan fingerprint density at radius 1 is 1.13 bits per heavy atom. The van der Waals surface area contributed by atoms with E-state index in [0.717, 1.165) is 43.1 Å². The van der Waals surface area contributed by atoms with Crippen molar-refractivity contribution in [3.8, 4) is 11.5 Å². The Morgan fingerprint density at radius 2 is 1.97 bits per heavy atom. The second-order valence-electron chi connectivity index (χ2n) is 7.48. The van der Waals surface area contributed by atoms with Crippen molar-refractivity contribution in [2.75, 3.05) is 37.3 Å². The Morgan fingerprint density at radius 3 is 2.83 bits per heavy atom. The molecule has 0 saturated carbocycles. The van der Waals surface area contributed by atoms with Crippen LogP contribution >= 0.6 is 0 Å². The molecule has 30 heavy (non-hydrogen) atoms. The van der Waals surface area contributed by atoms with Crippen LogP contribution in [0.4, 0.5) is 11.7 Å². The van der Waals surface area contributed by atoms with Crippen LogP contribution in [0.5, 0.6) is 11.5 Å². The summed E-state index contributed by atoms with van der Waals surface area (Å²) in [6, 6.07) is 9.30. The molecule has 0 amide bonds. The van der Waals surface area contributed by atoms with Gasteiger partial charge in [0.25, 0.3) is 0 Å². The van der Waals surface area contributed by atoms with Crippen LogP contribution in [-0.2, 0) is 11.3 Å². The summed E-state index contributed by atoms with van der Waals surface area (Å²) in [4.78, 5) is 19.2. The topological polar surface area (TPSA) is 86.1 Å². The Kier molecular flexibility index (Phi) is 4.92. The van der Waals surface area contributed by atoms with Crippen molar-refractivity contribution < 1.29 is 18.6 Å². The first-order valence-electron chi connectivity index (χ1n) is 10.0. The Balaban J connectivity index is 1.43. The second kappa shape index (κ2) is 7.87. The molecule has 0 radical (unpaired) electrons. The first kappa shape index (κ1) is 18.7. The maximum Gasteiger partial charge on any atom is 0.231 e. The number of nitrogens with zero attached hydrogens (tertiary/aromatic N) is 2. The smallest absolute Gasteiger partial charge is 0.231 e. The molecule has 1 N–H and O–H groups in total. The van der Waals surface area contributed by atoms with Crippen LogP contribution in [0.3, 0.4) is 0 Å². The summed E-state index contributed by atoms with van der Waals surface area (Å²) in [7, 11) is 1.95. The number of benzene rings is 1. The normalized spacial score (nSPS) is 16.0. The van der Waals surface area contributed by atoms with E-state index >= 15 is 0 Å². The van der Waals surface area contributed by atoms with Crippen molar-refractivity contribution in [2.45, 2.75) is 25.4 Å². The highest BCUT2D eigenvalue weighted by atomic mass is 16.7. The van der Waals surface area contributed by atoms with Gasteiger partial charge in [-0.3, -0.25) is 4.79 Å². The zero-order chi connectivity index (χ0) is 20.5. The zero-order valence-electron chi connectivity index (χ0n) is 16.7. The van der Waals surface area contributed by atoms with Gasteiger partial charge in [0.15, 0.2) is 34.2 Å². The van der Waals surface area contributed by atoms with Gasteiger partial charge < -0.3 is 28.8 Å². The van der Waals surface area contributed by atoms with E-state index in [9.17, 15) is 4.79 Å². The Bertz CT molecular complexity index is 1120. The molecule has 0 unspecified atom stereocenters. The molecule has 156 valence electrons. The van der Waals surface area contributed by atoms with Gasteiger partial charge in [-0.2, -0.15) is 0 Å². The fourth-order valence-electron chi connectivity index (χ4n) is 3.86. The van der Waals surface area contributed by atoms with Crippen LogP contribution in [-0.4, -0.2) is 38.1 Å². The van der Waals surface area contributed by atoms with E-state index in [1.54, 1.807) is 18.3 Å². The average molecular weight is 409 g/mol. The second-order valence-corrected chi connectivity index (χ2v) is 7.48. The molecule has 1 aromatic carbocycles. The average Bonchev–Trinajstić information content (AvgIpc) is 3.26. The minimum Gasteiger partial charge on any atom is -0.454 e. The number of hydrogen-bond acceptors (Lipinski definition) is 8. The molecular weight excluding hydrogens is 386 g/mol. The summed E-state index contributed by atoms with van der Waals surface area (Å²) in [5.74, 6) is 2.55. The van der Waals surface area contributed by atoms with Gasteiger partial charge in [-0.05, 0) is 36.6 Å². The lowest BCUT2D eigenvalue weighted by atomic mass is 10.1. The van der Waals surface area contributed by atoms with Gasteiger partial charge in [0.1, 0.15) is 0 Å². The number of hydrogen-bond donors (Lipinski definition) is 1. The number of pyridine rings is 1. The fourth-order valence-corrected chi connectivity index (χ4v) is 3.86. The van der Waals surface area contributed by atoms with Gasteiger partial charge in [-0.15, -0.1) is 0 Å². The summed E-state index contributed by atoms with van der Waals surface area (Å²) in [6.07, 6.45) is 3.42. The lowest BCUT2D eigenvalue weighted by Crippen LogP contribution is -2.37. The number of rotatable bonds is 5. The summed E-state index contributed by atoms with van der Waals surface area (Å²) >= 11 is 0. The number of fused-ring (bicyclic) bond motifs is 2. The molecule has 4 heterocycles. The number of anilines is 2. The Labute approximate surface area is 173 Å². The van der Waals surface area contributed by atoms with Crippen LogP contribution in [0.1, 0.15) is 18.4 Å². The van der Waals surface area contributed by atoms with E-state index < -0.39 is 0 Å². The number of ether oxygens (including phenoxy) is 3. The zero-order valence-corrected chi connectivity index (χ0v) is 16.7. The lowest BCUT2D eigenvalue weighted by Gasteiger charge is -2.31. The van der Waals surface area contributed by atoms with Crippen molar-refractivity contribution in [1.82, 2.24) is 4.98 Å². The van der Waals surface area contributed by atoms with E-state index in [-0.39, 0.29) is 18.3 Å². The van der Waals surface area contributed by atoms with Gasteiger partial charge >= 0.3 is 0 Å². The van der Waals surface area contributed by atoms with Crippen molar-refractivity contribution in [3.05, 3.63) is 52.3 Å². The van der Waals surface area contributed by atoms with Crippen molar-refractivity contribution >= 4 is 22.7 Å². The fraction of sp³-hybridized carbons (Fsp3) is 0.364. The van der Waals surface area contributed by atoms with Gasteiger partial charge in [0.2, 0.25) is 6.79 Å². The third kappa shape index (κ3) is 3.54. The molecule has 0 atom stereocenters. The molecule has 2 aromatic heterocycles. The van der Waals surface area contributed by atoms with Crippen LogP contribution in [0.15, 0.2) is 45.7 Å². The van der Waals surface area contributed by atoms with Crippen LogP contribution < -0.4 is 25.1 Å². The molecule has 8 heteroatoms. The molecule has 1 fully saturated rings. The van der Waals surface area contributed by atoms with Gasteiger partial charge in [-0.25, -0.2) is 4.98 Å². The van der Waals surface area contributed by atoms with Gasteiger partial charge in [0.05, 0.1) is 5.39 Å².